The Morgan fingerprint density at radius 2 is 1.48 bits per heavy atom. The van der Waals surface area contributed by atoms with Crippen LogP contribution in [0.4, 0.5) is 0 Å². The molecule has 0 aliphatic carbocycles. The first-order chi connectivity index (χ1) is 10.7. The van der Waals surface area contributed by atoms with E-state index < -0.39 is 5.97 Å². The summed E-state index contributed by atoms with van der Waals surface area (Å²) in [5.74, 6) is -0.408. The molecule has 0 amide bonds. The summed E-state index contributed by atoms with van der Waals surface area (Å²) in [5, 5.41) is 0. The fourth-order valence-electron chi connectivity index (χ4n) is 1.72. The van der Waals surface area contributed by atoms with Gasteiger partial charge in [-0.25, -0.2) is 4.79 Å². The lowest BCUT2D eigenvalue weighted by atomic mass is 10.0. The maximum Gasteiger partial charge on any atom is 0.330 e. The van der Waals surface area contributed by atoms with Crippen molar-refractivity contribution in [2.45, 2.75) is 51.7 Å². The van der Waals surface area contributed by atoms with Gasteiger partial charge in [-0.1, -0.05) is 12.7 Å². The average molecular weight is 328 g/mol. The fourth-order valence-corrected chi connectivity index (χ4v) is 1.72. The van der Waals surface area contributed by atoms with E-state index in [2.05, 4.69) is 13.2 Å². The predicted octanol–water partition coefficient (Wildman–Crippen LogP) is 3.29. The summed E-state index contributed by atoms with van der Waals surface area (Å²) in [6.07, 6.45) is 4.27. The predicted molar refractivity (Wildman–Crippen MR) is 91.5 cm³/mol. The third-order valence-electron chi connectivity index (χ3n) is 3.27. The van der Waals surface area contributed by atoms with Gasteiger partial charge in [0.15, 0.2) is 0 Å². The van der Waals surface area contributed by atoms with Gasteiger partial charge in [0.2, 0.25) is 0 Å². The van der Waals surface area contributed by atoms with Gasteiger partial charge < -0.3 is 18.9 Å². The lowest BCUT2D eigenvalue weighted by Gasteiger charge is -2.29. The van der Waals surface area contributed by atoms with E-state index in [-0.39, 0.29) is 11.2 Å². The number of carbonyl (C=O) groups excluding carboxylic acids is 1. The number of hydrogen-bond acceptors (Lipinski definition) is 5. The zero-order valence-electron chi connectivity index (χ0n) is 15.1. The summed E-state index contributed by atoms with van der Waals surface area (Å²) in [5.41, 5.74) is -0.631. The smallest absolute Gasteiger partial charge is 0.330 e. The molecule has 5 heteroatoms. The zero-order valence-corrected chi connectivity index (χ0v) is 15.1. The molecule has 134 valence electrons. The van der Waals surface area contributed by atoms with Crippen molar-refractivity contribution >= 4 is 5.97 Å². The molecule has 23 heavy (non-hydrogen) atoms. The number of rotatable bonds is 14. The molecule has 0 aromatic heterocycles. The molecule has 0 fully saturated rings. The van der Waals surface area contributed by atoms with E-state index >= 15 is 0 Å². The summed E-state index contributed by atoms with van der Waals surface area (Å²) in [6.45, 7) is 17.5. The van der Waals surface area contributed by atoms with Crippen molar-refractivity contribution < 1.29 is 23.7 Å². The Balaban J connectivity index is 3.88. The lowest BCUT2D eigenvalue weighted by Crippen LogP contribution is -2.32. The van der Waals surface area contributed by atoms with Crippen LogP contribution in [0.15, 0.2) is 25.3 Å². The van der Waals surface area contributed by atoms with Gasteiger partial charge in [0.1, 0.15) is 0 Å². The number of carbonyl (C=O) groups is 1. The molecule has 0 atom stereocenters. The zero-order chi connectivity index (χ0) is 17.8. The largest absolute Gasteiger partial charge is 0.462 e. The van der Waals surface area contributed by atoms with Gasteiger partial charge in [-0.3, -0.25) is 0 Å². The average Bonchev–Trinajstić information content (AvgIpc) is 2.46. The van der Waals surface area contributed by atoms with E-state index in [0.717, 1.165) is 12.5 Å². The van der Waals surface area contributed by atoms with Crippen LogP contribution in [-0.4, -0.2) is 50.2 Å². The molecule has 0 spiro atoms. The molecule has 0 rings (SSSR count). The van der Waals surface area contributed by atoms with Crippen molar-refractivity contribution in [3.05, 3.63) is 25.3 Å². The quantitative estimate of drug-likeness (QED) is 0.212. The SMILES string of the molecule is C=CCOCCOC(C)(C)CCOC(C)(C)CCOC(=O)C=C. The molecular formula is C18H32O5. The molecular weight excluding hydrogens is 296 g/mol. The maximum atomic E-state index is 11.0. The summed E-state index contributed by atoms with van der Waals surface area (Å²) in [4.78, 5) is 11.0. The minimum absolute atomic E-state index is 0.275. The Bertz CT molecular complexity index is 360. The van der Waals surface area contributed by atoms with E-state index in [1.165, 1.54) is 0 Å². The maximum absolute atomic E-state index is 11.0. The summed E-state index contributed by atoms with van der Waals surface area (Å²) >= 11 is 0. The standard InChI is InChI=1S/C18H32O5/c1-7-11-20-14-15-23-18(5,6)10-13-22-17(3,4)9-12-21-16(19)8-2/h7-8H,1-2,9-15H2,3-6H3. The van der Waals surface area contributed by atoms with Crippen molar-refractivity contribution in [2.24, 2.45) is 0 Å². The second kappa shape index (κ2) is 11.4. The molecule has 0 aromatic rings. The third-order valence-corrected chi connectivity index (χ3v) is 3.27. The number of hydrogen-bond donors (Lipinski definition) is 0. The Labute approximate surface area is 140 Å². The first-order valence-electron chi connectivity index (χ1n) is 7.98. The molecule has 0 aromatic carbocycles. The molecule has 0 saturated heterocycles. The van der Waals surface area contributed by atoms with Gasteiger partial charge in [-0.05, 0) is 34.1 Å². The minimum Gasteiger partial charge on any atom is -0.462 e. The molecule has 0 aliphatic heterocycles. The van der Waals surface area contributed by atoms with Crippen LogP contribution in [0, 0.1) is 0 Å². The number of ether oxygens (including phenoxy) is 4. The van der Waals surface area contributed by atoms with Crippen LogP contribution in [-0.2, 0) is 23.7 Å². The van der Waals surface area contributed by atoms with Gasteiger partial charge >= 0.3 is 5.97 Å². The van der Waals surface area contributed by atoms with E-state index in [0.29, 0.717) is 39.5 Å². The molecule has 0 radical (unpaired) electrons. The number of esters is 1. The van der Waals surface area contributed by atoms with E-state index in [1.54, 1.807) is 6.08 Å². The third kappa shape index (κ3) is 13.0. The summed E-state index contributed by atoms with van der Waals surface area (Å²) in [7, 11) is 0. The summed E-state index contributed by atoms with van der Waals surface area (Å²) < 4.78 is 21.9. The molecule has 0 N–H and O–H groups in total. The van der Waals surface area contributed by atoms with Crippen LogP contribution >= 0.6 is 0 Å². The Morgan fingerprint density at radius 1 is 0.913 bits per heavy atom. The lowest BCUT2D eigenvalue weighted by molar-refractivity contribution is -0.140. The minimum atomic E-state index is -0.408. The monoisotopic (exact) mass is 328 g/mol. The van der Waals surface area contributed by atoms with Crippen LogP contribution < -0.4 is 0 Å². The van der Waals surface area contributed by atoms with Crippen molar-refractivity contribution in [2.75, 3.05) is 33.0 Å². The van der Waals surface area contributed by atoms with E-state index in [4.69, 9.17) is 18.9 Å². The van der Waals surface area contributed by atoms with Crippen LogP contribution in [0.5, 0.6) is 0 Å². The van der Waals surface area contributed by atoms with Crippen LogP contribution in [0.1, 0.15) is 40.5 Å². The summed E-state index contributed by atoms with van der Waals surface area (Å²) in [6, 6.07) is 0. The first-order valence-corrected chi connectivity index (χ1v) is 7.98. The van der Waals surface area contributed by atoms with Crippen molar-refractivity contribution in [3.8, 4) is 0 Å². The Hall–Kier alpha value is -1.17. The van der Waals surface area contributed by atoms with Crippen LogP contribution in [0.2, 0.25) is 0 Å². The molecule has 5 nitrogen and oxygen atoms in total. The highest BCUT2D eigenvalue weighted by Gasteiger charge is 2.23. The Kier molecular flexibility index (Phi) is 10.8. The van der Waals surface area contributed by atoms with Crippen molar-refractivity contribution in [3.63, 3.8) is 0 Å². The van der Waals surface area contributed by atoms with E-state index in [9.17, 15) is 4.79 Å². The second-order valence-corrected chi connectivity index (χ2v) is 6.45. The molecule has 0 saturated carbocycles. The molecule has 0 bridgehead atoms. The molecule has 0 aliphatic rings. The van der Waals surface area contributed by atoms with Crippen molar-refractivity contribution in [1.29, 1.82) is 0 Å². The Morgan fingerprint density at radius 3 is 2.04 bits per heavy atom. The van der Waals surface area contributed by atoms with Gasteiger partial charge in [-0.15, -0.1) is 6.58 Å². The van der Waals surface area contributed by atoms with Gasteiger partial charge in [0, 0.05) is 12.5 Å². The van der Waals surface area contributed by atoms with Gasteiger partial charge in [0.25, 0.3) is 0 Å². The van der Waals surface area contributed by atoms with Gasteiger partial charge in [0.05, 0.1) is 44.2 Å². The first kappa shape index (κ1) is 21.8. The topological polar surface area (TPSA) is 54.0 Å². The van der Waals surface area contributed by atoms with Crippen LogP contribution in [0.25, 0.3) is 0 Å². The molecule has 0 heterocycles. The highest BCUT2D eigenvalue weighted by Crippen LogP contribution is 2.19. The van der Waals surface area contributed by atoms with Crippen LogP contribution in [0.3, 0.4) is 0 Å². The fraction of sp³-hybridized carbons (Fsp3) is 0.722. The second-order valence-electron chi connectivity index (χ2n) is 6.45. The normalized spacial score (nSPS) is 12.0. The van der Waals surface area contributed by atoms with Crippen molar-refractivity contribution in [1.82, 2.24) is 0 Å². The highest BCUT2D eigenvalue weighted by molar-refractivity contribution is 5.81. The van der Waals surface area contributed by atoms with Gasteiger partial charge in [-0.2, -0.15) is 0 Å². The molecule has 0 unspecified atom stereocenters. The highest BCUT2D eigenvalue weighted by atomic mass is 16.5. The van der Waals surface area contributed by atoms with E-state index in [1.807, 2.05) is 27.7 Å².